The summed E-state index contributed by atoms with van der Waals surface area (Å²) in [6.07, 6.45) is 4.72. The van der Waals surface area contributed by atoms with Crippen molar-refractivity contribution in [3.05, 3.63) is 36.2 Å². The summed E-state index contributed by atoms with van der Waals surface area (Å²) in [5.74, 6) is 1.27. The van der Waals surface area contributed by atoms with Crippen LogP contribution in [-0.2, 0) is 13.5 Å². The second-order valence-corrected chi connectivity index (χ2v) is 5.52. The molecule has 5 heteroatoms. The van der Waals surface area contributed by atoms with Crippen LogP contribution in [0.3, 0.4) is 0 Å². The van der Waals surface area contributed by atoms with Gasteiger partial charge in [0.15, 0.2) is 0 Å². The van der Waals surface area contributed by atoms with Gasteiger partial charge < -0.3 is 5.73 Å². The average molecular weight is 269 g/mol. The summed E-state index contributed by atoms with van der Waals surface area (Å²) in [6, 6.07) is 6.02. The summed E-state index contributed by atoms with van der Waals surface area (Å²) in [7, 11) is 1.88. The van der Waals surface area contributed by atoms with Crippen LogP contribution in [-0.4, -0.2) is 19.4 Å². The third-order valence-electron chi connectivity index (χ3n) is 3.49. The number of aromatic nitrogens is 4. The molecular formula is C15H19N5. The Hall–Kier alpha value is -2.30. The van der Waals surface area contributed by atoms with Gasteiger partial charge >= 0.3 is 0 Å². The Morgan fingerprint density at radius 2 is 2.10 bits per heavy atom. The van der Waals surface area contributed by atoms with Gasteiger partial charge in [-0.15, -0.1) is 0 Å². The van der Waals surface area contributed by atoms with Crippen molar-refractivity contribution in [3.63, 3.8) is 0 Å². The van der Waals surface area contributed by atoms with E-state index in [-0.39, 0.29) is 0 Å². The van der Waals surface area contributed by atoms with Gasteiger partial charge in [0.25, 0.3) is 0 Å². The van der Waals surface area contributed by atoms with E-state index in [4.69, 9.17) is 5.73 Å². The highest BCUT2D eigenvalue weighted by molar-refractivity contribution is 5.81. The third kappa shape index (κ3) is 1.95. The molecule has 104 valence electrons. The van der Waals surface area contributed by atoms with E-state index in [0.29, 0.717) is 5.92 Å². The first-order chi connectivity index (χ1) is 9.58. The maximum absolute atomic E-state index is 6.18. The molecule has 0 aromatic carbocycles. The molecule has 0 amide bonds. The van der Waals surface area contributed by atoms with Gasteiger partial charge in [-0.1, -0.05) is 19.9 Å². The van der Waals surface area contributed by atoms with Crippen LogP contribution in [0, 0.1) is 5.92 Å². The molecule has 0 spiro atoms. The molecule has 0 unspecified atom stereocenters. The van der Waals surface area contributed by atoms with Crippen LogP contribution in [0.15, 0.2) is 30.6 Å². The second kappa shape index (κ2) is 4.67. The highest BCUT2D eigenvalue weighted by atomic mass is 15.3. The minimum atomic E-state index is 0.530. The molecule has 5 nitrogen and oxygen atoms in total. The van der Waals surface area contributed by atoms with E-state index in [1.54, 1.807) is 4.68 Å². The summed E-state index contributed by atoms with van der Waals surface area (Å²) >= 11 is 0. The lowest BCUT2D eigenvalue weighted by atomic mass is 10.00. The molecule has 0 bridgehead atoms. The first-order valence-electron chi connectivity index (χ1n) is 6.82. The van der Waals surface area contributed by atoms with Crippen LogP contribution < -0.4 is 5.73 Å². The molecule has 3 rings (SSSR count). The Bertz CT molecular complexity index is 751. The SMILES string of the molecule is CC(C)Cc1c(-c2cnn3ccccc23)nn(C)c1N. The molecule has 0 aliphatic rings. The van der Waals surface area contributed by atoms with E-state index >= 15 is 0 Å². The van der Waals surface area contributed by atoms with Crippen molar-refractivity contribution >= 4 is 11.3 Å². The molecule has 0 saturated heterocycles. The molecule has 20 heavy (non-hydrogen) atoms. The minimum Gasteiger partial charge on any atom is -0.384 e. The second-order valence-electron chi connectivity index (χ2n) is 5.52. The Morgan fingerprint density at radius 1 is 1.30 bits per heavy atom. The predicted molar refractivity (Wildman–Crippen MR) is 80.3 cm³/mol. The van der Waals surface area contributed by atoms with Gasteiger partial charge in [-0.25, -0.2) is 4.52 Å². The van der Waals surface area contributed by atoms with Gasteiger partial charge in [0.05, 0.1) is 11.7 Å². The fraction of sp³-hybridized carbons (Fsp3) is 0.333. The normalized spacial score (nSPS) is 11.6. The van der Waals surface area contributed by atoms with Gasteiger partial charge in [0.1, 0.15) is 11.5 Å². The zero-order chi connectivity index (χ0) is 14.3. The van der Waals surface area contributed by atoms with Crippen LogP contribution in [0.1, 0.15) is 19.4 Å². The van der Waals surface area contributed by atoms with Crippen LogP contribution >= 0.6 is 0 Å². The summed E-state index contributed by atoms with van der Waals surface area (Å²) in [5, 5.41) is 8.97. The van der Waals surface area contributed by atoms with Crippen molar-refractivity contribution in [2.45, 2.75) is 20.3 Å². The molecule has 2 N–H and O–H groups in total. The lowest BCUT2D eigenvalue weighted by Gasteiger charge is -2.06. The number of anilines is 1. The number of hydrogen-bond acceptors (Lipinski definition) is 3. The van der Waals surface area contributed by atoms with Crippen molar-refractivity contribution in [2.75, 3.05) is 5.73 Å². The Balaban J connectivity index is 2.21. The van der Waals surface area contributed by atoms with Crippen molar-refractivity contribution in [2.24, 2.45) is 13.0 Å². The molecule has 0 fully saturated rings. The number of pyridine rings is 1. The monoisotopic (exact) mass is 269 g/mol. The van der Waals surface area contributed by atoms with Crippen molar-refractivity contribution < 1.29 is 0 Å². The zero-order valence-corrected chi connectivity index (χ0v) is 12.0. The van der Waals surface area contributed by atoms with Gasteiger partial charge in [-0.3, -0.25) is 4.68 Å². The topological polar surface area (TPSA) is 61.1 Å². The van der Waals surface area contributed by atoms with Gasteiger partial charge in [0, 0.05) is 24.4 Å². The first kappa shape index (κ1) is 12.7. The van der Waals surface area contributed by atoms with Crippen molar-refractivity contribution in [3.8, 4) is 11.3 Å². The van der Waals surface area contributed by atoms with Gasteiger partial charge in [-0.2, -0.15) is 10.2 Å². The van der Waals surface area contributed by atoms with E-state index in [1.807, 2.05) is 42.2 Å². The molecule has 3 heterocycles. The number of aryl methyl sites for hydroxylation is 1. The number of hydrogen-bond donors (Lipinski definition) is 1. The molecule has 0 aliphatic heterocycles. The number of nitrogen functional groups attached to an aromatic ring is 1. The van der Waals surface area contributed by atoms with Crippen LogP contribution in [0.25, 0.3) is 16.8 Å². The van der Waals surface area contributed by atoms with E-state index < -0.39 is 0 Å². The molecular weight excluding hydrogens is 250 g/mol. The molecule has 3 aromatic rings. The molecule has 0 saturated carbocycles. The minimum absolute atomic E-state index is 0.530. The van der Waals surface area contributed by atoms with E-state index in [0.717, 1.165) is 34.6 Å². The van der Waals surface area contributed by atoms with Crippen LogP contribution in [0.2, 0.25) is 0 Å². The number of nitrogens with two attached hydrogens (primary N) is 1. The quantitative estimate of drug-likeness (QED) is 0.794. The van der Waals surface area contributed by atoms with Crippen molar-refractivity contribution in [1.29, 1.82) is 0 Å². The van der Waals surface area contributed by atoms with Crippen LogP contribution in [0.4, 0.5) is 5.82 Å². The smallest absolute Gasteiger partial charge is 0.125 e. The Labute approximate surface area is 118 Å². The first-order valence-corrected chi connectivity index (χ1v) is 6.82. The standard InChI is InChI=1S/C15H19N5/c1-10(2)8-11-14(18-19(3)15(11)16)12-9-17-20-7-5-4-6-13(12)20/h4-7,9-10H,8,16H2,1-3H3. The van der Waals surface area contributed by atoms with Gasteiger partial charge in [-0.05, 0) is 24.5 Å². The largest absolute Gasteiger partial charge is 0.384 e. The fourth-order valence-electron chi connectivity index (χ4n) is 2.52. The number of fused-ring (bicyclic) bond motifs is 1. The lowest BCUT2D eigenvalue weighted by Crippen LogP contribution is -2.02. The third-order valence-corrected chi connectivity index (χ3v) is 3.49. The summed E-state index contributed by atoms with van der Waals surface area (Å²) < 4.78 is 3.61. The van der Waals surface area contributed by atoms with Gasteiger partial charge in [0.2, 0.25) is 0 Å². The average Bonchev–Trinajstić information content (AvgIpc) is 2.95. The summed E-state index contributed by atoms with van der Waals surface area (Å²) in [5.41, 5.74) is 10.3. The number of nitrogens with zero attached hydrogens (tertiary/aromatic N) is 4. The highest BCUT2D eigenvalue weighted by Gasteiger charge is 2.19. The Kier molecular flexibility index (Phi) is 2.97. The summed E-state index contributed by atoms with van der Waals surface area (Å²) in [4.78, 5) is 0. The zero-order valence-electron chi connectivity index (χ0n) is 12.0. The highest BCUT2D eigenvalue weighted by Crippen LogP contribution is 2.31. The molecule has 0 radical (unpaired) electrons. The van der Waals surface area contributed by atoms with Crippen molar-refractivity contribution in [1.82, 2.24) is 19.4 Å². The van der Waals surface area contributed by atoms with Crippen LogP contribution in [0.5, 0.6) is 0 Å². The maximum Gasteiger partial charge on any atom is 0.125 e. The fourth-order valence-corrected chi connectivity index (χ4v) is 2.52. The molecule has 3 aromatic heterocycles. The summed E-state index contributed by atoms with van der Waals surface area (Å²) in [6.45, 7) is 4.37. The van der Waals surface area contributed by atoms with E-state index in [9.17, 15) is 0 Å². The Morgan fingerprint density at radius 3 is 2.85 bits per heavy atom. The maximum atomic E-state index is 6.18. The number of rotatable bonds is 3. The predicted octanol–water partition coefficient (Wildman–Crippen LogP) is 2.52. The molecule has 0 aliphatic carbocycles. The molecule has 0 atom stereocenters. The van der Waals surface area contributed by atoms with E-state index in [2.05, 4.69) is 24.0 Å². The lowest BCUT2D eigenvalue weighted by molar-refractivity contribution is 0.648. The van der Waals surface area contributed by atoms with E-state index in [1.165, 1.54) is 0 Å².